The van der Waals surface area contributed by atoms with Crippen molar-refractivity contribution in [2.75, 3.05) is 10.6 Å². The number of H-pyrrole nitrogens is 1. The molecule has 3 N–H and O–H groups in total. The molecule has 4 aromatic rings. The highest BCUT2D eigenvalue weighted by Gasteiger charge is 2.07. The standard InChI is InChI=1S/C20H20N6/c1-12-8-13(2)19(14(3)9-12)25-18-6-7-21-20(26-18)24-15-4-5-16-17(10-15)23-11-22-16/h4-11H,1-3H3,(H,22,23)(H2,21,24,25,26). The maximum Gasteiger partial charge on any atom is 0.229 e. The van der Waals surface area contributed by atoms with E-state index in [2.05, 4.69) is 63.5 Å². The van der Waals surface area contributed by atoms with Crippen LogP contribution in [0.15, 0.2) is 48.9 Å². The van der Waals surface area contributed by atoms with E-state index in [4.69, 9.17) is 0 Å². The Kier molecular flexibility index (Phi) is 4.01. The second-order valence-electron chi connectivity index (χ2n) is 6.42. The van der Waals surface area contributed by atoms with E-state index in [0.717, 1.165) is 28.2 Å². The molecule has 0 amide bonds. The minimum atomic E-state index is 0.538. The first-order valence-electron chi connectivity index (χ1n) is 8.46. The van der Waals surface area contributed by atoms with Crippen LogP contribution < -0.4 is 10.6 Å². The fourth-order valence-corrected chi connectivity index (χ4v) is 3.14. The monoisotopic (exact) mass is 344 g/mol. The summed E-state index contributed by atoms with van der Waals surface area (Å²) in [5.41, 5.74) is 7.53. The summed E-state index contributed by atoms with van der Waals surface area (Å²) in [6, 6.07) is 12.1. The number of fused-ring (bicyclic) bond motifs is 1. The Morgan fingerprint density at radius 1 is 0.885 bits per heavy atom. The second-order valence-corrected chi connectivity index (χ2v) is 6.42. The van der Waals surface area contributed by atoms with Crippen LogP contribution in [0.2, 0.25) is 0 Å². The van der Waals surface area contributed by atoms with Gasteiger partial charge in [0.05, 0.1) is 17.4 Å². The third-order valence-electron chi connectivity index (χ3n) is 4.26. The Bertz CT molecular complexity index is 1060. The van der Waals surface area contributed by atoms with Crippen molar-refractivity contribution in [3.05, 3.63) is 65.6 Å². The topological polar surface area (TPSA) is 78.5 Å². The van der Waals surface area contributed by atoms with Crippen LogP contribution in [0, 0.1) is 20.8 Å². The van der Waals surface area contributed by atoms with Crippen molar-refractivity contribution >= 4 is 34.2 Å². The quantitative estimate of drug-likeness (QED) is 0.497. The van der Waals surface area contributed by atoms with Crippen molar-refractivity contribution in [3.63, 3.8) is 0 Å². The Hall–Kier alpha value is -3.41. The molecular weight excluding hydrogens is 324 g/mol. The van der Waals surface area contributed by atoms with E-state index in [1.807, 2.05) is 24.3 Å². The van der Waals surface area contributed by atoms with Crippen molar-refractivity contribution < 1.29 is 0 Å². The zero-order valence-corrected chi connectivity index (χ0v) is 15.0. The van der Waals surface area contributed by atoms with Crippen LogP contribution in [0.25, 0.3) is 11.0 Å². The maximum atomic E-state index is 4.58. The van der Waals surface area contributed by atoms with Crippen molar-refractivity contribution in [3.8, 4) is 0 Å². The van der Waals surface area contributed by atoms with Gasteiger partial charge in [-0.1, -0.05) is 17.7 Å². The number of rotatable bonds is 4. The molecule has 0 bridgehead atoms. The largest absolute Gasteiger partial charge is 0.345 e. The summed E-state index contributed by atoms with van der Waals surface area (Å²) in [7, 11) is 0. The molecule has 4 rings (SSSR count). The SMILES string of the molecule is Cc1cc(C)c(Nc2ccnc(Nc3ccc4nc[nH]c4c3)n2)c(C)c1. The highest BCUT2D eigenvalue weighted by Crippen LogP contribution is 2.26. The maximum absolute atomic E-state index is 4.58. The molecule has 2 aromatic carbocycles. The number of anilines is 4. The molecule has 0 fully saturated rings. The summed E-state index contributed by atoms with van der Waals surface area (Å²) in [6.45, 7) is 6.30. The molecule has 0 radical (unpaired) electrons. The van der Waals surface area contributed by atoms with Crippen LogP contribution in [-0.2, 0) is 0 Å². The molecule has 0 aliphatic heterocycles. The van der Waals surface area contributed by atoms with Gasteiger partial charge in [0.1, 0.15) is 5.82 Å². The van der Waals surface area contributed by atoms with Gasteiger partial charge in [0.25, 0.3) is 0 Å². The lowest BCUT2D eigenvalue weighted by atomic mass is 10.1. The van der Waals surface area contributed by atoms with E-state index < -0.39 is 0 Å². The Morgan fingerprint density at radius 3 is 2.50 bits per heavy atom. The third-order valence-corrected chi connectivity index (χ3v) is 4.26. The highest BCUT2D eigenvalue weighted by atomic mass is 15.1. The predicted octanol–water partition coefficient (Wildman–Crippen LogP) is 4.77. The average molecular weight is 344 g/mol. The first-order valence-corrected chi connectivity index (χ1v) is 8.46. The van der Waals surface area contributed by atoms with E-state index in [9.17, 15) is 0 Å². The fraction of sp³-hybridized carbons (Fsp3) is 0.150. The zero-order chi connectivity index (χ0) is 18.1. The molecule has 0 spiro atoms. The summed E-state index contributed by atoms with van der Waals surface area (Å²) in [5, 5.41) is 6.65. The number of hydrogen-bond acceptors (Lipinski definition) is 5. The van der Waals surface area contributed by atoms with Gasteiger partial charge in [-0.15, -0.1) is 0 Å². The summed E-state index contributed by atoms with van der Waals surface area (Å²) in [5.74, 6) is 1.29. The first-order chi connectivity index (χ1) is 12.6. The molecule has 2 heterocycles. The van der Waals surface area contributed by atoms with E-state index in [1.54, 1.807) is 12.5 Å². The first kappa shape index (κ1) is 16.1. The number of hydrogen-bond donors (Lipinski definition) is 3. The van der Waals surface area contributed by atoms with Gasteiger partial charge < -0.3 is 15.6 Å². The molecular formula is C20H20N6. The lowest BCUT2D eigenvalue weighted by molar-refractivity contribution is 1.16. The van der Waals surface area contributed by atoms with E-state index in [-0.39, 0.29) is 0 Å². The minimum absolute atomic E-state index is 0.538. The molecule has 130 valence electrons. The van der Waals surface area contributed by atoms with Gasteiger partial charge in [0.2, 0.25) is 5.95 Å². The van der Waals surface area contributed by atoms with Crippen LogP contribution in [0.4, 0.5) is 23.1 Å². The predicted molar refractivity (Wildman–Crippen MR) is 105 cm³/mol. The molecule has 0 saturated heterocycles. The van der Waals surface area contributed by atoms with E-state index in [0.29, 0.717) is 5.95 Å². The lowest BCUT2D eigenvalue weighted by Gasteiger charge is -2.14. The molecule has 0 unspecified atom stereocenters. The van der Waals surface area contributed by atoms with Gasteiger partial charge in [0, 0.05) is 17.6 Å². The molecule has 0 atom stereocenters. The summed E-state index contributed by atoms with van der Waals surface area (Å²) < 4.78 is 0. The number of aromatic nitrogens is 4. The van der Waals surface area contributed by atoms with Gasteiger partial charge in [-0.05, 0) is 56.2 Å². The number of benzene rings is 2. The molecule has 0 saturated carbocycles. The second kappa shape index (κ2) is 6.48. The molecule has 26 heavy (non-hydrogen) atoms. The molecule has 6 heteroatoms. The molecule has 0 aliphatic carbocycles. The van der Waals surface area contributed by atoms with Gasteiger partial charge in [-0.2, -0.15) is 4.98 Å². The van der Waals surface area contributed by atoms with Crippen molar-refractivity contribution in [2.45, 2.75) is 20.8 Å². The number of imidazole rings is 1. The van der Waals surface area contributed by atoms with Crippen molar-refractivity contribution in [1.82, 2.24) is 19.9 Å². The minimum Gasteiger partial charge on any atom is -0.345 e. The van der Waals surface area contributed by atoms with Crippen LogP contribution in [-0.4, -0.2) is 19.9 Å². The number of nitrogens with one attached hydrogen (secondary N) is 3. The molecule has 0 aliphatic rings. The smallest absolute Gasteiger partial charge is 0.229 e. The Morgan fingerprint density at radius 2 is 1.69 bits per heavy atom. The van der Waals surface area contributed by atoms with Crippen LogP contribution >= 0.6 is 0 Å². The Labute approximate surface area is 151 Å². The van der Waals surface area contributed by atoms with Gasteiger partial charge in [-0.25, -0.2) is 9.97 Å². The van der Waals surface area contributed by atoms with Crippen LogP contribution in [0.5, 0.6) is 0 Å². The molecule has 6 nitrogen and oxygen atoms in total. The van der Waals surface area contributed by atoms with Gasteiger partial charge in [0.15, 0.2) is 0 Å². The molecule has 2 aromatic heterocycles. The van der Waals surface area contributed by atoms with E-state index in [1.165, 1.54) is 16.7 Å². The van der Waals surface area contributed by atoms with Crippen molar-refractivity contribution in [1.29, 1.82) is 0 Å². The summed E-state index contributed by atoms with van der Waals surface area (Å²) in [4.78, 5) is 16.2. The Balaban J connectivity index is 1.58. The number of nitrogens with zero attached hydrogens (tertiary/aromatic N) is 3. The summed E-state index contributed by atoms with van der Waals surface area (Å²) >= 11 is 0. The third kappa shape index (κ3) is 3.21. The van der Waals surface area contributed by atoms with Crippen LogP contribution in [0.3, 0.4) is 0 Å². The normalized spacial score (nSPS) is 10.9. The summed E-state index contributed by atoms with van der Waals surface area (Å²) in [6.07, 6.45) is 3.42. The van der Waals surface area contributed by atoms with Crippen LogP contribution in [0.1, 0.15) is 16.7 Å². The zero-order valence-electron chi connectivity index (χ0n) is 15.0. The van der Waals surface area contributed by atoms with E-state index >= 15 is 0 Å². The van der Waals surface area contributed by atoms with Crippen molar-refractivity contribution in [2.24, 2.45) is 0 Å². The number of aryl methyl sites for hydroxylation is 3. The van der Waals surface area contributed by atoms with Gasteiger partial charge in [-0.3, -0.25) is 0 Å². The highest BCUT2D eigenvalue weighted by molar-refractivity contribution is 5.79. The average Bonchev–Trinajstić information content (AvgIpc) is 3.06. The number of aromatic amines is 1. The van der Waals surface area contributed by atoms with Gasteiger partial charge >= 0.3 is 0 Å². The fourth-order valence-electron chi connectivity index (χ4n) is 3.14. The lowest BCUT2D eigenvalue weighted by Crippen LogP contribution is -2.02.